The molecule has 6 nitrogen and oxygen atoms in total. The predicted molar refractivity (Wildman–Crippen MR) is 111 cm³/mol. The van der Waals surface area contributed by atoms with Gasteiger partial charge in [-0.05, 0) is 48.4 Å². The summed E-state index contributed by atoms with van der Waals surface area (Å²) in [5, 5.41) is 12.1. The smallest absolute Gasteiger partial charge is 0.250 e. The maximum Gasteiger partial charge on any atom is 0.250 e. The van der Waals surface area contributed by atoms with Crippen LogP contribution in [0.2, 0.25) is 0 Å². The molecule has 2 aromatic carbocycles. The fourth-order valence-electron chi connectivity index (χ4n) is 2.43. The van der Waals surface area contributed by atoms with Crippen molar-refractivity contribution >= 4 is 28.5 Å². The lowest BCUT2D eigenvalue weighted by atomic mass is 10.2. The molecule has 0 unspecified atom stereocenters. The van der Waals surface area contributed by atoms with Crippen LogP contribution < -0.4 is 14.8 Å². The van der Waals surface area contributed by atoms with E-state index in [1.807, 2.05) is 55.5 Å². The minimum absolute atomic E-state index is 0.262. The van der Waals surface area contributed by atoms with Gasteiger partial charge in [-0.25, -0.2) is 0 Å². The molecule has 7 heteroatoms. The lowest BCUT2D eigenvalue weighted by Gasteiger charge is -2.04. The largest absolute Gasteiger partial charge is 0.497 e. The number of nitrogens with one attached hydrogen (secondary N) is 1. The third-order valence-electron chi connectivity index (χ3n) is 3.79. The van der Waals surface area contributed by atoms with Gasteiger partial charge in [-0.2, -0.15) is 0 Å². The van der Waals surface area contributed by atoms with Crippen LogP contribution in [0.3, 0.4) is 0 Å². The molecule has 0 aliphatic carbocycles. The van der Waals surface area contributed by atoms with Crippen molar-refractivity contribution in [3.63, 3.8) is 0 Å². The average molecular weight is 395 g/mol. The van der Waals surface area contributed by atoms with Crippen LogP contribution in [0.25, 0.3) is 6.08 Å². The van der Waals surface area contributed by atoms with Gasteiger partial charge in [0.15, 0.2) is 0 Å². The molecule has 3 rings (SSSR count). The van der Waals surface area contributed by atoms with Crippen LogP contribution in [0.1, 0.15) is 16.1 Å². The monoisotopic (exact) mass is 395 g/mol. The van der Waals surface area contributed by atoms with Crippen molar-refractivity contribution in [1.82, 2.24) is 10.2 Å². The van der Waals surface area contributed by atoms with E-state index in [9.17, 15) is 4.79 Å². The number of carbonyl (C=O) groups excluding carboxylic acids is 1. The second kappa shape index (κ2) is 9.66. The molecule has 0 saturated carbocycles. The predicted octanol–water partition coefficient (Wildman–Crippen LogP) is 4.13. The zero-order chi connectivity index (χ0) is 19.8. The number of nitrogens with zero attached hydrogens (tertiary/aromatic N) is 2. The van der Waals surface area contributed by atoms with Crippen LogP contribution in [-0.4, -0.2) is 29.8 Å². The zero-order valence-electron chi connectivity index (χ0n) is 15.7. The van der Waals surface area contributed by atoms with E-state index in [1.165, 1.54) is 17.4 Å². The first kappa shape index (κ1) is 19.6. The molecule has 0 radical (unpaired) electrons. The maximum absolute atomic E-state index is 12.1. The molecule has 28 heavy (non-hydrogen) atoms. The minimum Gasteiger partial charge on any atom is -0.497 e. The lowest BCUT2D eigenvalue weighted by molar-refractivity contribution is -0.111. The molecule has 0 saturated heterocycles. The molecule has 3 aromatic rings. The second-order valence-electron chi connectivity index (χ2n) is 6.02. The molecule has 0 spiro atoms. The van der Waals surface area contributed by atoms with Gasteiger partial charge in [0.2, 0.25) is 11.0 Å². The van der Waals surface area contributed by atoms with Crippen molar-refractivity contribution in [2.75, 3.05) is 19.0 Å². The van der Waals surface area contributed by atoms with Crippen LogP contribution in [0.15, 0.2) is 54.6 Å². The molecule has 144 valence electrons. The summed E-state index contributed by atoms with van der Waals surface area (Å²) in [4.78, 5) is 12.1. The molecule has 0 atom stereocenters. The SMILES string of the molecule is COc1cccc(/C=C/C(=O)Nc2nnc(CCOc3cccc(C)c3)s2)c1. The summed E-state index contributed by atoms with van der Waals surface area (Å²) in [6.45, 7) is 2.52. The Morgan fingerprint density at radius 1 is 1.14 bits per heavy atom. The van der Waals surface area contributed by atoms with E-state index in [-0.39, 0.29) is 5.91 Å². The number of benzene rings is 2. The summed E-state index contributed by atoms with van der Waals surface area (Å²) in [6, 6.07) is 15.4. The first-order valence-corrected chi connectivity index (χ1v) is 9.59. The number of methoxy groups -OCH3 is 1. The van der Waals surface area contributed by atoms with Gasteiger partial charge in [-0.15, -0.1) is 10.2 Å². The molecule has 0 aliphatic heterocycles. The number of aryl methyl sites for hydroxylation is 1. The third-order valence-corrected chi connectivity index (χ3v) is 4.69. The van der Waals surface area contributed by atoms with Crippen LogP contribution in [0.5, 0.6) is 11.5 Å². The van der Waals surface area contributed by atoms with Crippen molar-refractivity contribution in [2.45, 2.75) is 13.3 Å². The summed E-state index contributed by atoms with van der Waals surface area (Å²) in [6.07, 6.45) is 3.80. The van der Waals surface area contributed by atoms with E-state index in [4.69, 9.17) is 9.47 Å². The lowest BCUT2D eigenvalue weighted by Crippen LogP contribution is -2.07. The summed E-state index contributed by atoms with van der Waals surface area (Å²) < 4.78 is 10.9. The van der Waals surface area contributed by atoms with Crippen LogP contribution in [0, 0.1) is 6.92 Å². The molecule has 1 heterocycles. The molecular formula is C21H21N3O3S. The molecule has 0 fully saturated rings. The van der Waals surface area contributed by atoms with Crippen molar-refractivity contribution in [3.8, 4) is 11.5 Å². The van der Waals surface area contributed by atoms with E-state index >= 15 is 0 Å². The summed E-state index contributed by atoms with van der Waals surface area (Å²) in [5.74, 6) is 1.31. The minimum atomic E-state index is -0.262. The highest BCUT2D eigenvalue weighted by molar-refractivity contribution is 7.15. The van der Waals surface area contributed by atoms with Gasteiger partial charge in [-0.1, -0.05) is 35.6 Å². The number of amides is 1. The highest BCUT2D eigenvalue weighted by Crippen LogP contribution is 2.18. The van der Waals surface area contributed by atoms with E-state index in [0.717, 1.165) is 27.6 Å². The van der Waals surface area contributed by atoms with Crippen molar-refractivity contribution in [1.29, 1.82) is 0 Å². The third kappa shape index (κ3) is 5.92. The summed E-state index contributed by atoms with van der Waals surface area (Å²) in [5.41, 5.74) is 2.03. The quantitative estimate of drug-likeness (QED) is 0.581. The Morgan fingerprint density at radius 2 is 1.96 bits per heavy atom. The first-order chi connectivity index (χ1) is 13.6. The standard InChI is InChI=1S/C21H21N3O3S/c1-15-5-3-8-18(13-15)27-12-11-20-23-24-21(28-20)22-19(25)10-9-16-6-4-7-17(14-16)26-2/h3-10,13-14H,11-12H2,1-2H3,(H,22,24,25)/b10-9+. The topological polar surface area (TPSA) is 73.3 Å². The molecule has 1 aromatic heterocycles. The fraction of sp³-hybridized carbons (Fsp3) is 0.190. The average Bonchev–Trinajstić information content (AvgIpc) is 3.14. The van der Waals surface area contributed by atoms with Crippen molar-refractivity contribution in [2.24, 2.45) is 0 Å². The van der Waals surface area contributed by atoms with Gasteiger partial charge in [-0.3, -0.25) is 10.1 Å². The maximum atomic E-state index is 12.1. The molecule has 0 aliphatic rings. The van der Waals surface area contributed by atoms with Gasteiger partial charge in [0.05, 0.1) is 13.7 Å². The number of carbonyl (C=O) groups is 1. The normalized spacial score (nSPS) is 10.8. The van der Waals surface area contributed by atoms with Crippen LogP contribution >= 0.6 is 11.3 Å². The van der Waals surface area contributed by atoms with Gasteiger partial charge >= 0.3 is 0 Å². The van der Waals surface area contributed by atoms with E-state index in [2.05, 4.69) is 15.5 Å². The molecular weight excluding hydrogens is 374 g/mol. The Labute approximate surface area is 167 Å². The van der Waals surface area contributed by atoms with E-state index in [0.29, 0.717) is 18.2 Å². The van der Waals surface area contributed by atoms with E-state index < -0.39 is 0 Å². The fourth-order valence-corrected chi connectivity index (χ4v) is 3.15. The van der Waals surface area contributed by atoms with Crippen molar-refractivity contribution < 1.29 is 14.3 Å². The molecule has 0 bridgehead atoms. The number of hydrogen-bond donors (Lipinski definition) is 1. The second-order valence-corrected chi connectivity index (χ2v) is 7.08. The van der Waals surface area contributed by atoms with E-state index in [1.54, 1.807) is 13.2 Å². The number of anilines is 1. The Hall–Kier alpha value is -3.19. The Morgan fingerprint density at radius 3 is 2.79 bits per heavy atom. The Bertz CT molecular complexity index is 969. The van der Waals surface area contributed by atoms with Crippen LogP contribution in [-0.2, 0) is 11.2 Å². The van der Waals surface area contributed by atoms with Crippen molar-refractivity contribution in [3.05, 3.63) is 70.7 Å². The molecule has 1 N–H and O–H groups in total. The number of rotatable bonds is 8. The summed E-state index contributed by atoms with van der Waals surface area (Å²) in [7, 11) is 1.61. The summed E-state index contributed by atoms with van der Waals surface area (Å²) >= 11 is 1.34. The number of ether oxygens (including phenoxy) is 2. The first-order valence-electron chi connectivity index (χ1n) is 8.77. The zero-order valence-corrected chi connectivity index (χ0v) is 16.5. The van der Waals surface area contributed by atoms with Gasteiger partial charge in [0.1, 0.15) is 16.5 Å². The molecule has 1 amide bonds. The Balaban J connectivity index is 1.48. The Kier molecular flexibility index (Phi) is 6.75. The van der Waals surface area contributed by atoms with Gasteiger partial charge in [0, 0.05) is 12.5 Å². The number of aromatic nitrogens is 2. The van der Waals surface area contributed by atoms with Gasteiger partial charge < -0.3 is 9.47 Å². The highest BCUT2D eigenvalue weighted by Gasteiger charge is 2.07. The van der Waals surface area contributed by atoms with Gasteiger partial charge in [0.25, 0.3) is 0 Å². The number of hydrogen-bond acceptors (Lipinski definition) is 6. The highest BCUT2D eigenvalue weighted by atomic mass is 32.1. The van der Waals surface area contributed by atoms with Crippen LogP contribution in [0.4, 0.5) is 5.13 Å².